The van der Waals surface area contributed by atoms with Crippen molar-refractivity contribution in [2.45, 2.75) is 70.5 Å². The summed E-state index contributed by atoms with van der Waals surface area (Å²) in [4.78, 5) is 20.2. The molecule has 2 atom stereocenters. The van der Waals surface area contributed by atoms with Gasteiger partial charge in [0.2, 0.25) is 5.91 Å². The van der Waals surface area contributed by atoms with Crippen molar-refractivity contribution in [3.8, 4) is 0 Å². The number of hydrogen-bond donors (Lipinski definition) is 0. The Bertz CT molecular complexity index is 960. The van der Waals surface area contributed by atoms with Crippen molar-refractivity contribution in [2.75, 3.05) is 63.0 Å². The number of amides is 1. The van der Waals surface area contributed by atoms with Crippen LogP contribution in [0.25, 0.3) is 0 Å². The Hall–Kier alpha value is -1.45. The molecule has 4 fully saturated rings. The van der Waals surface area contributed by atoms with Gasteiger partial charge in [0.25, 0.3) is 0 Å². The number of carbonyl (C=O) groups excluding carboxylic acids is 1. The maximum atomic E-state index is 13.6. The second-order valence-corrected chi connectivity index (χ2v) is 13.1. The number of anilines is 1. The molecule has 1 amide bonds. The first-order chi connectivity index (χ1) is 18.2. The molecule has 2 unspecified atom stereocenters. The third-order valence-electron chi connectivity index (χ3n) is 9.24. The van der Waals surface area contributed by atoms with Crippen LogP contribution in [0, 0.1) is 11.8 Å². The Morgan fingerprint density at radius 2 is 1.68 bits per heavy atom. The zero-order valence-corrected chi connectivity index (χ0v) is 23.7. The minimum Gasteiger partial charge on any atom is -0.371 e. The van der Waals surface area contributed by atoms with Crippen molar-refractivity contribution in [1.29, 1.82) is 0 Å². The first-order valence-electron chi connectivity index (χ1n) is 14.6. The van der Waals surface area contributed by atoms with Crippen molar-refractivity contribution >= 4 is 23.5 Å². The molecule has 38 heavy (non-hydrogen) atoms. The number of nitrogens with zero attached hydrogens (tertiary/aromatic N) is 4. The van der Waals surface area contributed by atoms with Crippen LogP contribution in [0.4, 0.5) is 18.9 Å². The molecule has 0 aliphatic carbocycles. The van der Waals surface area contributed by atoms with E-state index in [0.717, 1.165) is 82.0 Å². The molecule has 4 saturated heterocycles. The second-order valence-electron chi connectivity index (χ2n) is 11.8. The van der Waals surface area contributed by atoms with Gasteiger partial charge in [0, 0.05) is 69.2 Å². The molecule has 5 rings (SSSR count). The standard InChI is InChI=1S/C29H43F3N4OS/c1-3-38-36-16-10-25(11-17-36)34-14-9-23(20-34)28(37)35-15-8-22(19-35)26-5-4-24(29(30,31)32)18-27(26)33-12-6-21(2)7-13-33/h4-5,18,21-23,25H,3,6-17,19-20H2,1-2H3. The average molecular weight is 553 g/mol. The van der Waals surface area contributed by atoms with Crippen molar-refractivity contribution in [3.05, 3.63) is 29.3 Å². The lowest BCUT2D eigenvalue weighted by atomic mass is 9.92. The molecule has 9 heteroatoms. The van der Waals surface area contributed by atoms with E-state index in [-0.39, 0.29) is 17.7 Å². The number of likely N-dealkylation sites (tertiary alicyclic amines) is 2. The number of benzene rings is 1. The molecule has 0 aromatic heterocycles. The lowest BCUT2D eigenvalue weighted by Gasteiger charge is -2.36. The summed E-state index contributed by atoms with van der Waals surface area (Å²) in [6.07, 6.45) is 1.73. The molecule has 1 aromatic carbocycles. The Labute approximate surface area is 230 Å². The van der Waals surface area contributed by atoms with Crippen LogP contribution in [-0.4, -0.2) is 84.2 Å². The van der Waals surface area contributed by atoms with Crippen LogP contribution in [0.2, 0.25) is 0 Å². The fraction of sp³-hybridized carbons (Fsp3) is 0.759. The van der Waals surface area contributed by atoms with Crippen LogP contribution < -0.4 is 4.90 Å². The highest BCUT2D eigenvalue weighted by molar-refractivity contribution is 7.96. The first kappa shape index (κ1) is 28.1. The summed E-state index contributed by atoms with van der Waals surface area (Å²) in [6.45, 7) is 11.4. The third kappa shape index (κ3) is 6.30. The molecule has 4 heterocycles. The van der Waals surface area contributed by atoms with E-state index >= 15 is 0 Å². The molecule has 0 radical (unpaired) electrons. The molecule has 4 aliphatic rings. The largest absolute Gasteiger partial charge is 0.416 e. The number of hydrogen-bond acceptors (Lipinski definition) is 5. The zero-order valence-electron chi connectivity index (χ0n) is 22.9. The van der Waals surface area contributed by atoms with Gasteiger partial charge >= 0.3 is 6.18 Å². The van der Waals surface area contributed by atoms with Crippen molar-refractivity contribution in [3.63, 3.8) is 0 Å². The summed E-state index contributed by atoms with van der Waals surface area (Å²) in [5.74, 6) is 2.11. The smallest absolute Gasteiger partial charge is 0.371 e. The van der Waals surface area contributed by atoms with Gasteiger partial charge in [0.15, 0.2) is 0 Å². The number of halogens is 3. The molecule has 0 saturated carbocycles. The predicted octanol–water partition coefficient (Wildman–Crippen LogP) is 5.71. The summed E-state index contributed by atoms with van der Waals surface area (Å²) in [5, 5.41) is 0. The lowest BCUT2D eigenvalue weighted by molar-refractivity contribution is -0.137. The highest BCUT2D eigenvalue weighted by atomic mass is 32.2. The van der Waals surface area contributed by atoms with E-state index in [4.69, 9.17) is 0 Å². The third-order valence-corrected chi connectivity index (χ3v) is 10.2. The molecule has 1 aromatic rings. The normalized spacial score (nSPS) is 27.0. The van der Waals surface area contributed by atoms with Crippen LogP contribution in [0.5, 0.6) is 0 Å². The van der Waals surface area contributed by atoms with Crippen LogP contribution in [0.1, 0.15) is 69.4 Å². The Balaban J connectivity index is 1.22. The number of piperidine rings is 2. The summed E-state index contributed by atoms with van der Waals surface area (Å²) in [5.41, 5.74) is 1.13. The molecule has 212 valence electrons. The van der Waals surface area contributed by atoms with Crippen LogP contribution in [-0.2, 0) is 11.0 Å². The van der Waals surface area contributed by atoms with Gasteiger partial charge in [-0.3, -0.25) is 14.0 Å². The van der Waals surface area contributed by atoms with Gasteiger partial charge in [-0.1, -0.05) is 31.9 Å². The minimum atomic E-state index is -4.35. The molecule has 0 bridgehead atoms. The predicted molar refractivity (Wildman–Crippen MR) is 148 cm³/mol. The first-order valence-corrected chi connectivity index (χ1v) is 15.5. The van der Waals surface area contributed by atoms with Gasteiger partial charge in [0.1, 0.15) is 0 Å². The fourth-order valence-electron chi connectivity index (χ4n) is 6.90. The van der Waals surface area contributed by atoms with Crippen LogP contribution >= 0.6 is 11.9 Å². The van der Waals surface area contributed by atoms with Gasteiger partial charge in [-0.15, -0.1) is 0 Å². The number of rotatable bonds is 6. The molecular formula is C29H43F3N4OS. The molecule has 0 N–H and O–H groups in total. The van der Waals surface area contributed by atoms with Gasteiger partial charge in [-0.25, -0.2) is 0 Å². The topological polar surface area (TPSA) is 30.0 Å². The van der Waals surface area contributed by atoms with Crippen LogP contribution in [0.15, 0.2) is 18.2 Å². The number of carbonyl (C=O) groups is 1. The minimum absolute atomic E-state index is 0.0486. The summed E-state index contributed by atoms with van der Waals surface area (Å²) in [7, 11) is 0. The zero-order chi connectivity index (χ0) is 26.9. The Morgan fingerprint density at radius 3 is 2.37 bits per heavy atom. The number of alkyl halides is 3. The van der Waals surface area contributed by atoms with Crippen molar-refractivity contribution < 1.29 is 18.0 Å². The van der Waals surface area contributed by atoms with E-state index in [1.807, 2.05) is 16.8 Å². The Kier molecular flexibility index (Phi) is 8.85. The van der Waals surface area contributed by atoms with Crippen LogP contribution in [0.3, 0.4) is 0 Å². The van der Waals surface area contributed by atoms with E-state index in [0.29, 0.717) is 25.0 Å². The quantitative estimate of drug-likeness (QED) is 0.422. The summed E-state index contributed by atoms with van der Waals surface area (Å²) in [6, 6.07) is 4.86. The van der Waals surface area contributed by atoms with Crippen molar-refractivity contribution in [2.24, 2.45) is 11.8 Å². The molecular weight excluding hydrogens is 509 g/mol. The van der Waals surface area contributed by atoms with Gasteiger partial charge < -0.3 is 9.80 Å². The van der Waals surface area contributed by atoms with Gasteiger partial charge in [-0.2, -0.15) is 13.2 Å². The van der Waals surface area contributed by atoms with E-state index < -0.39 is 11.7 Å². The highest BCUT2D eigenvalue weighted by Gasteiger charge is 2.39. The molecule has 4 aliphatic heterocycles. The molecule has 5 nitrogen and oxygen atoms in total. The maximum absolute atomic E-state index is 13.6. The molecule has 0 spiro atoms. The SMILES string of the molecule is CCSN1CCC(N2CCC(C(=O)N3CCC(c4ccc(C(F)(F)F)cc4N4CCC(C)CC4)C3)C2)CC1. The van der Waals surface area contributed by atoms with E-state index in [2.05, 4.69) is 28.0 Å². The lowest BCUT2D eigenvalue weighted by Crippen LogP contribution is -2.43. The van der Waals surface area contributed by atoms with Crippen molar-refractivity contribution in [1.82, 2.24) is 14.1 Å². The van der Waals surface area contributed by atoms with E-state index in [1.165, 1.54) is 25.0 Å². The van der Waals surface area contributed by atoms with Gasteiger partial charge in [0.05, 0.1) is 11.5 Å². The highest BCUT2D eigenvalue weighted by Crippen LogP contribution is 2.40. The monoisotopic (exact) mass is 552 g/mol. The van der Waals surface area contributed by atoms with E-state index in [9.17, 15) is 18.0 Å². The van der Waals surface area contributed by atoms with E-state index in [1.54, 1.807) is 6.07 Å². The maximum Gasteiger partial charge on any atom is 0.416 e. The Morgan fingerprint density at radius 1 is 0.947 bits per heavy atom. The average Bonchev–Trinajstić information content (AvgIpc) is 3.59. The fourth-order valence-corrected chi connectivity index (χ4v) is 7.73. The summed E-state index contributed by atoms with van der Waals surface area (Å²) >= 11 is 1.92. The summed E-state index contributed by atoms with van der Waals surface area (Å²) < 4.78 is 43.2. The van der Waals surface area contributed by atoms with Gasteiger partial charge in [-0.05, 0) is 68.7 Å². The second kappa shape index (κ2) is 12.0.